The maximum Gasteiger partial charge on any atom is 0.251 e. The van der Waals surface area contributed by atoms with Crippen molar-refractivity contribution in [3.05, 3.63) is 48.3 Å². The molecule has 2 heterocycles. The third-order valence-corrected chi connectivity index (χ3v) is 4.86. The molecule has 7 nitrogen and oxygen atoms in total. The zero-order chi connectivity index (χ0) is 18.9. The van der Waals surface area contributed by atoms with E-state index in [4.69, 9.17) is 0 Å². The molecule has 1 atom stereocenters. The average Bonchev–Trinajstić information content (AvgIpc) is 3.30. The average molecular weight is 367 g/mol. The number of anilines is 1. The minimum absolute atomic E-state index is 0.272. The molecule has 4 N–H and O–H groups in total. The molecule has 0 saturated carbocycles. The van der Waals surface area contributed by atoms with E-state index in [2.05, 4.69) is 26.1 Å². The smallest absolute Gasteiger partial charge is 0.251 e. The highest BCUT2D eigenvalue weighted by molar-refractivity contribution is 6.02. The molecule has 1 saturated heterocycles. The van der Waals surface area contributed by atoms with Gasteiger partial charge in [0, 0.05) is 23.2 Å². The lowest BCUT2D eigenvalue weighted by Crippen LogP contribution is -2.55. The first-order valence-electron chi connectivity index (χ1n) is 8.59. The lowest BCUT2D eigenvalue weighted by atomic mass is 9.97. The summed E-state index contributed by atoms with van der Waals surface area (Å²) in [6.45, 7) is 1.04. The summed E-state index contributed by atoms with van der Waals surface area (Å²) in [4.78, 5) is 23.7. The maximum atomic E-state index is 13.2. The van der Waals surface area contributed by atoms with E-state index in [0.717, 1.165) is 16.5 Å². The molecule has 0 aliphatic carbocycles. The molecule has 0 radical (unpaired) electrons. The SMILES string of the molecule is O=CNC1(C(=O)Nc2ccc3[nH]nc(-c4ccc(F)cc4)c3c2)CCNC1. The highest BCUT2D eigenvalue weighted by atomic mass is 19.1. The van der Waals surface area contributed by atoms with Crippen LogP contribution in [0.15, 0.2) is 42.5 Å². The fraction of sp³-hybridized carbons (Fsp3) is 0.211. The van der Waals surface area contributed by atoms with E-state index in [0.29, 0.717) is 37.3 Å². The zero-order valence-corrected chi connectivity index (χ0v) is 14.4. The molecule has 0 bridgehead atoms. The highest BCUT2D eigenvalue weighted by Crippen LogP contribution is 2.29. The number of carbonyl (C=O) groups excluding carboxylic acids is 2. The fourth-order valence-electron chi connectivity index (χ4n) is 3.36. The Labute approximate surface area is 154 Å². The lowest BCUT2D eigenvalue weighted by molar-refractivity contribution is -0.125. The van der Waals surface area contributed by atoms with Gasteiger partial charge in [0.15, 0.2) is 0 Å². The third-order valence-electron chi connectivity index (χ3n) is 4.86. The summed E-state index contributed by atoms with van der Waals surface area (Å²) in [6.07, 6.45) is 1.07. The van der Waals surface area contributed by atoms with Crippen molar-refractivity contribution < 1.29 is 14.0 Å². The topological polar surface area (TPSA) is 98.9 Å². The first-order chi connectivity index (χ1) is 13.1. The minimum Gasteiger partial charge on any atom is -0.343 e. The van der Waals surface area contributed by atoms with Crippen LogP contribution in [-0.4, -0.2) is 41.1 Å². The Hall–Kier alpha value is -3.26. The summed E-state index contributed by atoms with van der Waals surface area (Å²) in [5, 5.41) is 16.7. The van der Waals surface area contributed by atoms with Gasteiger partial charge in [0.05, 0.1) is 11.2 Å². The standard InChI is InChI=1S/C19H18FN5O2/c20-13-3-1-12(2-4-13)17-15-9-14(5-6-16(15)24-25-17)23-18(27)19(22-11-26)7-8-21-10-19/h1-6,9,11,21H,7-8,10H2,(H,22,26)(H,23,27)(H,24,25). The van der Waals surface area contributed by atoms with Gasteiger partial charge in [0.1, 0.15) is 11.4 Å². The second-order valence-electron chi connectivity index (χ2n) is 6.56. The van der Waals surface area contributed by atoms with Crippen LogP contribution in [0.25, 0.3) is 22.2 Å². The number of amides is 2. The zero-order valence-electron chi connectivity index (χ0n) is 14.4. The Bertz CT molecular complexity index is 993. The van der Waals surface area contributed by atoms with E-state index in [9.17, 15) is 14.0 Å². The van der Waals surface area contributed by atoms with Gasteiger partial charge in [0.25, 0.3) is 5.91 Å². The molecule has 4 rings (SSSR count). The molecule has 27 heavy (non-hydrogen) atoms. The Morgan fingerprint density at radius 1 is 1.22 bits per heavy atom. The number of aromatic amines is 1. The number of fused-ring (bicyclic) bond motifs is 1. The highest BCUT2D eigenvalue weighted by Gasteiger charge is 2.41. The number of hydrogen-bond acceptors (Lipinski definition) is 4. The van der Waals surface area contributed by atoms with Crippen molar-refractivity contribution in [3.8, 4) is 11.3 Å². The van der Waals surface area contributed by atoms with Crippen LogP contribution < -0.4 is 16.0 Å². The number of rotatable bonds is 5. The van der Waals surface area contributed by atoms with Crippen LogP contribution in [0.3, 0.4) is 0 Å². The van der Waals surface area contributed by atoms with Crippen molar-refractivity contribution in [1.82, 2.24) is 20.8 Å². The second-order valence-corrected chi connectivity index (χ2v) is 6.56. The summed E-state index contributed by atoms with van der Waals surface area (Å²) < 4.78 is 13.2. The largest absolute Gasteiger partial charge is 0.343 e. The van der Waals surface area contributed by atoms with Gasteiger partial charge >= 0.3 is 0 Å². The monoisotopic (exact) mass is 367 g/mol. The Morgan fingerprint density at radius 2 is 2.04 bits per heavy atom. The number of benzene rings is 2. The summed E-state index contributed by atoms with van der Waals surface area (Å²) in [7, 11) is 0. The van der Waals surface area contributed by atoms with Gasteiger partial charge in [-0.3, -0.25) is 14.7 Å². The first-order valence-corrected chi connectivity index (χ1v) is 8.59. The first kappa shape index (κ1) is 17.2. The number of H-pyrrole nitrogens is 1. The van der Waals surface area contributed by atoms with E-state index < -0.39 is 5.54 Å². The van der Waals surface area contributed by atoms with Crippen LogP contribution >= 0.6 is 0 Å². The number of nitrogens with zero attached hydrogens (tertiary/aromatic N) is 1. The van der Waals surface area contributed by atoms with Gasteiger partial charge in [-0.05, 0) is 55.4 Å². The van der Waals surface area contributed by atoms with Crippen LogP contribution in [0.2, 0.25) is 0 Å². The molecular weight excluding hydrogens is 349 g/mol. The fourth-order valence-corrected chi connectivity index (χ4v) is 3.36. The molecule has 0 spiro atoms. The van der Waals surface area contributed by atoms with Crippen LogP contribution in [0.5, 0.6) is 0 Å². The quantitative estimate of drug-likeness (QED) is 0.517. The van der Waals surface area contributed by atoms with Crippen LogP contribution in [0.1, 0.15) is 6.42 Å². The maximum absolute atomic E-state index is 13.2. The molecule has 1 aromatic heterocycles. The second kappa shape index (κ2) is 6.81. The summed E-state index contributed by atoms with van der Waals surface area (Å²) in [5.74, 6) is -0.588. The molecular formula is C19H18FN5O2. The Balaban J connectivity index is 1.65. The normalized spacial score (nSPS) is 19.1. The van der Waals surface area contributed by atoms with Gasteiger partial charge in [-0.25, -0.2) is 4.39 Å². The molecule has 8 heteroatoms. The number of halogens is 1. The number of hydrogen-bond donors (Lipinski definition) is 4. The Morgan fingerprint density at radius 3 is 2.74 bits per heavy atom. The van der Waals surface area contributed by atoms with E-state index in [-0.39, 0.29) is 11.7 Å². The van der Waals surface area contributed by atoms with Gasteiger partial charge < -0.3 is 16.0 Å². The molecule has 1 aliphatic rings. The molecule has 2 amide bonds. The Kier molecular flexibility index (Phi) is 4.33. The van der Waals surface area contributed by atoms with Gasteiger partial charge in [-0.2, -0.15) is 5.10 Å². The van der Waals surface area contributed by atoms with Gasteiger partial charge in [-0.1, -0.05) is 0 Å². The molecule has 1 aliphatic heterocycles. The molecule has 138 valence electrons. The molecule has 1 fully saturated rings. The van der Waals surface area contributed by atoms with E-state index >= 15 is 0 Å². The van der Waals surface area contributed by atoms with E-state index in [1.165, 1.54) is 12.1 Å². The number of carbonyl (C=O) groups is 2. The van der Waals surface area contributed by atoms with Crippen molar-refractivity contribution in [1.29, 1.82) is 0 Å². The predicted octanol–water partition coefficient (Wildman–Crippen LogP) is 1.79. The minimum atomic E-state index is -0.951. The van der Waals surface area contributed by atoms with Crippen molar-refractivity contribution in [3.63, 3.8) is 0 Å². The van der Waals surface area contributed by atoms with Crippen LogP contribution in [0.4, 0.5) is 10.1 Å². The number of aromatic nitrogens is 2. The molecule has 2 aromatic carbocycles. The van der Waals surface area contributed by atoms with E-state index in [1.807, 2.05) is 12.1 Å². The van der Waals surface area contributed by atoms with Gasteiger partial charge in [-0.15, -0.1) is 0 Å². The van der Waals surface area contributed by atoms with E-state index in [1.54, 1.807) is 18.2 Å². The van der Waals surface area contributed by atoms with Crippen LogP contribution in [-0.2, 0) is 9.59 Å². The third kappa shape index (κ3) is 3.15. The summed E-state index contributed by atoms with van der Waals surface area (Å²) in [5.41, 5.74) is 1.88. The summed E-state index contributed by atoms with van der Waals surface area (Å²) in [6, 6.07) is 11.5. The van der Waals surface area contributed by atoms with Crippen molar-refractivity contribution in [2.75, 3.05) is 18.4 Å². The number of nitrogens with one attached hydrogen (secondary N) is 4. The van der Waals surface area contributed by atoms with Crippen molar-refractivity contribution in [2.45, 2.75) is 12.0 Å². The van der Waals surface area contributed by atoms with Crippen molar-refractivity contribution in [2.24, 2.45) is 0 Å². The molecule has 3 aromatic rings. The van der Waals surface area contributed by atoms with Gasteiger partial charge in [0.2, 0.25) is 6.41 Å². The van der Waals surface area contributed by atoms with Crippen molar-refractivity contribution >= 4 is 28.9 Å². The molecule has 1 unspecified atom stereocenters. The lowest BCUT2D eigenvalue weighted by Gasteiger charge is -2.26. The van der Waals surface area contributed by atoms with Crippen LogP contribution in [0, 0.1) is 5.82 Å². The summed E-state index contributed by atoms with van der Waals surface area (Å²) >= 11 is 0. The predicted molar refractivity (Wildman–Crippen MR) is 99.5 cm³/mol.